The summed E-state index contributed by atoms with van der Waals surface area (Å²) in [6, 6.07) is 58.8. The van der Waals surface area contributed by atoms with E-state index in [1.54, 1.807) is 0 Å². The Labute approximate surface area is 291 Å². The fourth-order valence-electron chi connectivity index (χ4n) is 8.06. The van der Waals surface area contributed by atoms with Crippen molar-refractivity contribution in [3.8, 4) is 50.7 Å². The lowest BCUT2D eigenvalue weighted by Crippen LogP contribution is -2.14. The van der Waals surface area contributed by atoms with Crippen molar-refractivity contribution in [1.82, 2.24) is 14.5 Å². The molecule has 1 aliphatic rings. The summed E-state index contributed by atoms with van der Waals surface area (Å²) >= 11 is 0. The van der Waals surface area contributed by atoms with Gasteiger partial charge in [0.2, 0.25) is 0 Å². The van der Waals surface area contributed by atoms with E-state index in [0.29, 0.717) is 5.82 Å². The van der Waals surface area contributed by atoms with E-state index in [2.05, 4.69) is 158 Å². The van der Waals surface area contributed by atoms with Crippen molar-refractivity contribution in [2.45, 2.75) is 19.3 Å². The van der Waals surface area contributed by atoms with Crippen molar-refractivity contribution in [1.29, 1.82) is 0 Å². The molecule has 0 spiro atoms. The number of aromatic nitrogens is 3. The monoisotopic (exact) mass is 639 g/mol. The number of fused-ring (bicyclic) bond motifs is 7. The predicted octanol–water partition coefficient (Wildman–Crippen LogP) is 12.0. The van der Waals surface area contributed by atoms with Gasteiger partial charge in [0.1, 0.15) is 0 Å². The molecule has 3 nitrogen and oxygen atoms in total. The van der Waals surface area contributed by atoms with Crippen LogP contribution in [0.2, 0.25) is 0 Å². The molecule has 0 radical (unpaired) electrons. The Kier molecular flexibility index (Phi) is 6.22. The molecule has 7 aromatic carbocycles. The molecule has 0 unspecified atom stereocenters. The Hall–Kier alpha value is -6.32. The van der Waals surface area contributed by atoms with E-state index in [-0.39, 0.29) is 5.41 Å². The molecule has 0 atom stereocenters. The molecule has 2 heterocycles. The normalized spacial score (nSPS) is 13.2. The lowest BCUT2D eigenvalue weighted by molar-refractivity contribution is 0.661. The van der Waals surface area contributed by atoms with Gasteiger partial charge in [-0.3, -0.25) is 0 Å². The van der Waals surface area contributed by atoms with E-state index in [1.807, 2.05) is 24.3 Å². The van der Waals surface area contributed by atoms with Crippen LogP contribution in [-0.2, 0) is 5.41 Å². The van der Waals surface area contributed by atoms with Crippen LogP contribution in [0.25, 0.3) is 83.3 Å². The van der Waals surface area contributed by atoms with Crippen LogP contribution in [0.4, 0.5) is 0 Å². The molecule has 0 saturated heterocycles. The molecule has 3 heteroatoms. The third-order valence-electron chi connectivity index (χ3n) is 10.6. The third kappa shape index (κ3) is 4.37. The van der Waals surface area contributed by atoms with Gasteiger partial charge in [-0.25, -0.2) is 9.97 Å². The van der Waals surface area contributed by atoms with Crippen molar-refractivity contribution in [2.24, 2.45) is 0 Å². The van der Waals surface area contributed by atoms with Crippen LogP contribution in [0.1, 0.15) is 25.0 Å². The highest BCUT2D eigenvalue weighted by Crippen LogP contribution is 2.50. The highest BCUT2D eigenvalue weighted by atomic mass is 15.0. The van der Waals surface area contributed by atoms with Gasteiger partial charge in [-0.15, -0.1) is 0 Å². The van der Waals surface area contributed by atoms with E-state index in [0.717, 1.165) is 33.8 Å². The van der Waals surface area contributed by atoms with E-state index in [1.165, 1.54) is 54.8 Å². The third-order valence-corrected chi connectivity index (χ3v) is 10.6. The van der Waals surface area contributed by atoms with Crippen molar-refractivity contribution in [3.63, 3.8) is 0 Å². The SMILES string of the molecule is CC1(C)c2ccccc2-c2cc3cc4c(cc3cc21)c1ccccc1n4-c1cccc(-c2cc(-c3ccccc3)nc(-c3ccccc3)n2)c1. The summed E-state index contributed by atoms with van der Waals surface area (Å²) in [5.74, 6) is 0.716. The number of hydrogen-bond donors (Lipinski definition) is 0. The molecule has 50 heavy (non-hydrogen) atoms. The second-order valence-electron chi connectivity index (χ2n) is 13.9. The first-order chi connectivity index (χ1) is 24.5. The highest BCUT2D eigenvalue weighted by molar-refractivity contribution is 6.14. The first-order valence-electron chi connectivity index (χ1n) is 17.2. The fourth-order valence-corrected chi connectivity index (χ4v) is 8.06. The molecule has 0 saturated carbocycles. The number of para-hydroxylation sites is 1. The minimum atomic E-state index is -0.0364. The summed E-state index contributed by atoms with van der Waals surface area (Å²) in [7, 11) is 0. The van der Waals surface area contributed by atoms with E-state index in [4.69, 9.17) is 9.97 Å². The topological polar surface area (TPSA) is 30.7 Å². The summed E-state index contributed by atoms with van der Waals surface area (Å²) in [6.45, 7) is 4.70. The van der Waals surface area contributed by atoms with Crippen molar-refractivity contribution in [2.75, 3.05) is 0 Å². The average molecular weight is 640 g/mol. The second kappa shape index (κ2) is 10.8. The molecule has 0 bridgehead atoms. The Morgan fingerprint density at radius 3 is 1.92 bits per heavy atom. The van der Waals surface area contributed by atoms with Crippen LogP contribution in [-0.4, -0.2) is 14.5 Å². The maximum absolute atomic E-state index is 5.13. The molecule has 2 aromatic heterocycles. The van der Waals surface area contributed by atoms with E-state index >= 15 is 0 Å². The van der Waals surface area contributed by atoms with Crippen molar-refractivity contribution in [3.05, 3.63) is 175 Å². The van der Waals surface area contributed by atoms with Crippen LogP contribution in [0.3, 0.4) is 0 Å². The summed E-state index contributed by atoms with van der Waals surface area (Å²) < 4.78 is 2.41. The van der Waals surface area contributed by atoms with Crippen LogP contribution in [0.15, 0.2) is 164 Å². The fraction of sp³-hybridized carbons (Fsp3) is 0.0638. The Balaban J connectivity index is 1.18. The molecule has 0 N–H and O–H groups in total. The maximum Gasteiger partial charge on any atom is 0.160 e. The zero-order valence-electron chi connectivity index (χ0n) is 27.9. The van der Waals surface area contributed by atoms with Gasteiger partial charge in [0, 0.05) is 38.6 Å². The van der Waals surface area contributed by atoms with Gasteiger partial charge in [0.25, 0.3) is 0 Å². The van der Waals surface area contributed by atoms with Gasteiger partial charge in [-0.05, 0) is 81.6 Å². The van der Waals surface area contributed by atoms with Gasteiger partial charge < -0.3 is 4.57 Å². The Morgan fingerprint density at radius 2 is 1.10 bits per heavy atom. The Morgan fingerprint density at radius 1 is 0.440 bits per heavy atom. The van der Waals surface area contributed by atoms with Crippen LogP contribution in [0, 0.1) is 0 Å². The summed E-state index contributed by atoms with van der Waals surface area (Å²) in [5.41, 5.74) is 13.8. The number of hydrogen-bond acceptors (Lipinski definition) is 2. The predicted molar refractivity (Wildman–Crippen MR) is 208 cm³/mol. The highest BCUT2D eigenvalue weighted by Gasteiger charge is 2.35. The Bertz CT molecular complexity index is 2720. The number of benzene rings is 7. The molecule has 9 aromatic rings. The van der Waals surface area contributed by atoms with Crippen LogP contribution < -0.4 is 0 Å². The molecular formula is C47H33N3. The van der Waals surface area contributed by atoms with Gasteiger partial charge in [-0.2, -0.15) is 0 Å². The molecule has 0 fully saturated rings. The largest absolute Gasteiger partial charge is 0.309 e. The van der Waals surface area contributed by atoms with Crippen molar-refractivity contribution < 1.29 is 0 Å². The standard InChI is InChI=1S/C47H33N3/c1-47(2)40-22-11-9-20-36(40)38-25-34-28-45-39(26-33(34)27-41(38)47)37-21-10-12-23-44(37)50(45)35-19-13-18-32(24-35)43-29-42(30-14-5-3-6-15-30)48-46(49-43)31-16-7-4-8-17-31/h3-29H,1-2H3. The summed E-state index contributed by atoms with van der Waals surface area (Å²) in [5, 5.41) is 5.03. The van der Waals surface area contributed by atoms with Gasteiger partial charge in [0.15, 0.2) is 5.82 Å². The minimum Gasteiger partial charge on any atom is -0.309 e. The molecule has 0 amide bonds. The zero-order chi connectivity index (χ0) is 33.4. The van der Waals surface area contributed by atoms with Gasteiger partial charge in [-0.1, -0.05) is 129 Å². The average Bonchev–Trinajstić information content (AvgIpc) is 3.61. The summed E-state index contributed by atoms with van der Waals surface area (Å²) in [6.07, 6.45) is 0. The minimum absolute atomic E-state index is 0.0364. The first-order valence-corrected chi connectivity index (χ1v) is 17.2. The lowest BCUT2D eigenvalue weighted by atomic mass is 9.82. The second-order valence-corrected chi connectivity index (χ2v) is 13.9. The van der Waals surface area contributed by atoms with Crippen LogP contribution >= 0.6 is 0 Å². The number of nitrogens with zero attached hydrogens (tertiary/aromatic N) is 3. The first kappa shape index (κ1) is 28.7. The smallest absolute Gasteiger partial charge is 0.160 e. The lowest BCUT2D eigenvalue weighted by Gasteiger charge is -2.21. The molecule has 1 aliphatic carbocycles. The summed E-state index contributed by atoms with van der Waals surface area (Å²) in [4.78, 5) is 10.1. The van der Waals surface area contributed by atoms with E-state index in [9.17, 15) is 0 Å². The van der Waals surface area contributed by atoms with Crippen molar-refractivity contribution >= 4 is 32.6 Å². The number of rotatable bonds is 4. The van der Waals surface area contributed by atoms with Gasteiger partial charge in [0.05, 0.1) is 22.4 Å². The van der Waals surface area contributed by atoms with Gasteiger partial charge >= 0.3 is 0 Å². The maximum atomic E-state index is 5.13. The molecular weight excluding hydrogens is 607 g/mol. The molecule has 10 rings (SSSR count). The van der Waals surface area contributed by atoms with Crippen LogP contribution in [0.5, 0.6) is 0 Å². The molecule has 236 valence electrons. The zero-order valence-corrected chi connectivity index (χ0v) is 27.9. The molecule has 0 aliphatic heterocycles. The van der Waals surface area contributed by atoms with E-state index < -0.39 is 0 Å². The quantitative estimate of drug-likeness (QED) is 0.192.